The Bertz CT molecular complexity index is 1620. The van der Waals surface area contributed by atoms with Gasteiger partial charge in [0.05, 0.1) is 59.3 Å². The molecule has 4 rings (SSSR count). The Morgan fingerprint density at radius 2 is 0.980 bits per heavy atom. The van der Waals surface area contributed by atoms with Crippen LogP contribution in [-0.4, -0.2) is 91.2 Å². The predicted molar refractivity (Wildman–Crippen MR) is 201 cm³/mol. The van der Waals surface area contributed by atoms with Crippen LogP contribution >= 0.6 is 0 Å². The maximum Gasteiger partial charge on any atom is 0.128 e. The van der Waals surface area contributed by atoms with Crippen LogP contribution in [0.4, 0.5) is 0 Å². The van der Waals surface area contributed by atoms with Gasteiger partial charge in [-0.15, -0.1) is 0 Å². The number of hydrogen-bond donors (Lipinski definition) is 0. The molecule has 0 aromatic heterocycles. The molecule has 0 fully saturated rings. The van der Waals surface area contributed by atoms with E-state index >= 15 is 0 Å². The first-order valence-electron chi connectivity index (χ1n) is 17.8. The molecule has 0 atom stereocenters. The minimum absolute atomic E-state index is 0.502. The summed E-state index contributed by atoms with van der Waals surface area (Å²) in [6.45, 7) is 21.8. The van der Waals surface area contributed by atoms with Crippen molar-refractivity contribution < 1.29 is 32.9 Å². The van der Waals surface area contributed by atoms with Gasteiger partial charge in [0.15, 0.2) is 0 Å². The summed E-state index contributed by atoms with van der Waals surface area (Å²) in [6, 6.07) is 22.5. The average molecular weight is 673 g/mol. The standard InChI is InChI=1S/C42H58NO6/c1-9-43(10-2,11-3)30-36-29-35(13-15-42(36)49-23-21-47-19-17-45-8)38-25-32(5)26-39-37(24-31(4)27-40(38)39)34-12-14-41(33(6)28-34)48-22-20-46-18-16-44-7/h12-15,24-29H,9-11,16-23,30H2,1-8H3/q+1. The van der Waals surface area contributed by atoms with Crippen LogP contribution in [0.1, 0.15) is 43.0 Å². The maximum atomic E-state index is 6.36. The molecular weight excluding hydrogens is 614 g/mol. The summed E-state index contributed by atoms with van der Waals surface area (Å²) in [5.41, 5.74) is 9.65. The van der Waals surface area contributed by atoms with Gasteiger partial charge in [0, 0.05) is 19.8 Å². The molecule has 0 aliphatic heterocycles. The number of hydrogen-bond acceptors (Lipinski definition) is 6. The minimum Gasteiger partial charge on any atom is -0.491 e. The summed E-state index contributed by atoms with van der Waals surface area (Å²) in [7, 11) is 3.36. The lowest BCUT2D eigenvalue weighted by molar-refractivity contribution is -0.936. The number of methoxy groups -OCH3 is 2. The van der Waals surface area contributed by atoms with E-state index in [1.807, 2.05) is 0 Å². The zero-order valence-electron chi connectivity index (χ0n) is 31.2. The first-order valence-corrected chi connectivity index (χ1v) is 17.8. The highest BCUT2D eigenvalue weighted by atomic mass is 16.5. The summed E-state index contributed by atoms with van der Waals surface area (Å²) in [5, 5.41) is 2.50. The molecule has 0 saturated carbocycles. The SMILES string of the molecule is CC[N+](CC)(CC)Cc1cc(-c2cc(C)cc3c(-c4ccc(OCCOCCOC)c(C)c4)cc(C)cc23)ccc1OCCOCCOC. The van der Waals surface area contributed by atoms with Gasteiger partial charge in [-0.25, -0.2) is 0 Å². The molecule has 0 radical (unpaired) electrons. The zero-order valence-corrected chi connectivity index (χ0v) is 31.2. The number of benzene rings is 4. The molecule has 0 aliphatic rings. The molecule has 7 nitrogen and oxygen atoms in total. The molecule has 0 amide bonds. The first kappa shape index (κ1) is 38.3. The molecule has 0 spiro atoms. The Morgan fingerprint density at radius 3 is 1.47 bits per heavy atom. The molecule has 7 heteroatoms. The Kier molecular flexibility index (Phi) is 14.9. The Balaban J connectivity index is 1.70. The average Bonchev–Trinajstić information content (AvgIpc) is 3.10. The molecule has 4 aromatic rings. The van der Waals surface area contributed by atoms with Gasteiger partial charge in [0.25, 0.3) is 0 Å². The summed E-state index contributed by atoms with van der Waals surface area (Å²) < 4.78 is 34.8. The Morgan fingerprint density at radius 1 is 0.510 bits per heavy atom. The first-order chi connectivity index (χ1) is 23.8. The van der Waals surface area contributed by atoms with E-state index in [-0.39, 0.29) is 0 Å². The van der Waals surface area contributed by atoms with Crippen molar-refractivity contribution in [2.24, 2.45) is 0 Å². The van der Waals surface area contributed by atoms with Crippen LogP contribution < -0.4 is 9.47 Å². The largest absolute Gasteiger partial charge is 0.491 e. The van der Waals surface area contributed by atoms with Crippen molar-refractivity contribution in [2.75, 3.05) is 86.7 Å². The third-order valence-electron chi connectivity index (χ3n) is 9.57. The van der Waals surface area contributed by atoms with Gasteiger partial charge in [-0.3, -0.25) is 0 Å². The van der Waals surface area contributed by atoms with E-state index in [0.29, 0.717) is 52.9 Å². The van der Waals surface area contributed by atoms with Gasteiger partial charge in [-0.2, -0.15) is 0 Å². The second-order valence-electron chi connectivity index (χ2n) is 12.9. The highest BCUT2D eigenvalue weighted by Crippen LogP contribution is 2.39. The summed E-state index contributed by atoms with van der Waals surface area (Å²) in [5.74, 6) is 1.81. The van der Waals surface area contributed by atoms with Gasteiger partial charge in [-0.1, -0.05) is 36.4 Å². The van der Waals surface area contributed by atoms with Crippen molar-refractivity contribution in [2.45, 2.75) is 48.1 Å². The quantitative estimate of drug-likeness (QED) is 0.0653. The van der Waals surface area contributed by atoms with E-state index in [4.69, 9.17) is 28.4 Å². The fourth-order valence-electron chi connectivity index (χ4n) is 6.50. The van der Waals surface area contributed by atoms with E-state index in [1.54, 1.807) is 14.2 Å². The fraction of sp³-hybridized carbons (Fsp3) is 0.476. The Hall–Kier alpha value is -3.46. The van der Waals surface area contributed by atoms with Gasteiger partial charge < -0.3 is 32.9 Å². The van der Waals surface area contributed by atoms with Gasteiger partial charge in [-0.05, 0) is 116 Å². The second-order valence-corrected chi connectivity index (χ2v) is 12.9. The molecule has 0 aliphatic carbocycles. The zero-order chi connectivity index (χ0) is 35.2. The van der Waals surface area contributed by atoms with Crippen LogP contribution in [0.3, 0.4) is 0 Å². The molecule has 4 aromatic carbocycles. The molecule has 0 N–H and O–H groups in total. The molecule has 49 heavy (non-hydrogen) atoms. The van der Waals surface area contributed by atoms with E-state index in [9.17, 15) is 0 Å². The topological polar surface area (TPSA) is 55.4 Å². The van der Waals surface area contributed by atoms with Gasteiger partial charge >= 0.3 is 0 Å². The lowest BCUT2D eigenvalue weighted by atomic mass is 9.89. The van der Waals surface area contributed by atoms with Crippen molar-refractivity contribution in [3.63, 3.8) is 0 Å². The third kappa shape index (κ3) is 10.3. The second kappa shape index (κ2) is 19.1. The fourth-order valence-corrected chi connectivity index (χ4v) is 6.50. The lowest BCUT2D eigenvalue weighted by Gasteiger charge is -2.36. The molecule has 0 unspecified atom stereocenters. The molecular formula is C42H58NO6+. The van der Waals surface area contributed by atoms with Crippen LogP contribution in [0.2, 0.25) is 0 Å². The summed E-state index contributed by atoms with van der Waals surface area (Å²) in [4.78, 5) is 0. The van der Waals surface area contributed by atoms with E-state index < -0.39 is 0 Å². The number of fused-ring (bicyclic) bond motifs is 1. The number of quaternary nitrogens is 1. The summed E-state index contributed by atoms with van der Waals surface area (Å²) >= 11 is 0. The van der Waals surface area contributed by atoms with Crippen LogP contribution in [0.5, 0.6) is 11.5 Å². The van der Waals surface area contributed by atoms with Crippen molar-refractivity contribution in [3.05, 3.63) is 82.9 Å². The van der Waals surface area contributed by atoms with Crippen molar-refractivity contribution in [1.29, 1.82) is 0 Å². The van der Waals surface area contributed by atoms with Crippen molar-refractivity contribution >= 4 is 10.8 Å². The molecule has 0 saturated heterocycles. The maximum absolute atomic E-state index is 6.36. The molecule has 0 bridgehead atoms. The smallest absolute Gasteiger partial charge is 0.128 e. The molecule has 266 valence electrons. The van der Waals surface area contributed by atoms with Crippen LogP contribution in [0.25, 0.3) is 33.0 Å². The number of ether oxygens (including phenoxy) is 6. The number of nitrogens with zero attached hydrogens (tertiary/aromatic N) is 1. The predicted octanol–water partition coefficient (Wildman–Crippen LogP) is 8.56. The number of aryl methyl sites for hydroxylation is 3. The van der Waals surface area contributed by atoms with Crippen molar-refractivity contribution in [3.8, 4) is 33.8 Å². The number of rotatable bonds is 21. The summed E-state index contributed by atoms with van der Waals surface area (Å²) in [6.07, 6.45) is 0. The highest BCUT2D eigenvalue weighted by Gasteiger charge is 2.24. The van der Waals surface area contributed by atoms with Crippen LogP contribution in [-0.2, 0) is 25.5 Å². The van der Waals surface area contributed by atoms with E-state index in [0.717, 1.165) is 47.7 Å². The Labute approximate surface area is 294 Å². The molecule has 0 heterocycles. The monoisotopic (exact) mass is 672 g/mol. The van der Waals surface area contributed by atoms with Crippen molar-refractivity contribution in [1.82, 2.24) is 0 Å². The normalized spacial score (nSPS) is 11.8. The minimum atomic E-state index is 0.502. The van der Waals surface area contributed by atoms with Crippen LogP contribution in [0.15, 0.2) is 60.7 Å². The third-order valence-corrected chi connectivity index (χ3v) is 9.57. The van der Waals surface area contributed by atoms with Gasteiger partial charge in [0.1, 0.15) is 31.3 Å². The van der Waals surface area contributed by atoms with E-state index in [1.165, 1.54) is 49.7 Å². The van der Waals surface area contributed by atoms with Crippen LogP contribution in [0, 0.1) is 20.8 Å². The lowest BCUT2D eigenvalue weighted by Crippen LogP contribution is -2.46. The van der Waals surface area contributed by atoms with Gasteiger partial charge in [0.2, 0.25) is 0 Å². The highest BCUT2D eigenvalue weighted by molar-refractivity contribution is 6.05. The van der Waals surface area contributed by atoms with E-state index in [2.05, 4.69) is 102 Å².